The third kappa shape index (κ3) is 3.77. The van der Waals surface area contributed by atoms with E-state index in [1.807, 2.05) is 18.2 Å². The highest BCUT2D eigenvalue weighted by Crippen LogP contribution is 2.18. The molecule has 0 atom stereocenters. The molecule has 1 rings (SSSR count). The molecule has 0 bridgehead atoms. The van der Waals surface area contributed by atoms with Crippen LogP contribution < -0.4 is 10.6 Å². The molecular weight excluding hydrogens is 200 g/mol. The molecule has 0 saturated carbocycles. The highest BCUT2D eigenvalue weighted by molar-refractivity contribution is 5.89. The molecule has 0 aliphatic carbocycles. The number of carbonyl (C=O) groups is 1. The number of hydrogen-bond acceptors (Lipinski definition) is 1. The van der Waals surface area contributed by atoms with E-state index in [0.717, 1.165) is 5.69 Å². The molecule has 0 aliphatic rings. The van der Waals surface area contributed by atoms with Gasteiger partial charge in [-0.15, -0.1) is 6.58 Å². The van der Waals surface area contributed by atoms with E-state index in [2.05, 4.69) is 37.1 Å². The number of urea groups is 1. The number of hydrogen-bond donors (Lipinski definition) is 2. The van der Waals surface area contributed by atoms with Gasteiger partial charge in [-0.3, -0.25) is 0 Å². The molecule has 16 heavy (non-hydrogen) atoms. The minimum Gasteiger partial charge on any atom is -0.334 e. The van der Waals surface area contributed by atoms with Gasteiger partial charge in [-0.2, -0.15) is 0 Å². The average Bonchev–Trinajstić information content (AvgIpc) is 2.26. The molecule has 0 unspecified atom stereocenters. The van der Waals surface area contributed by atoms with Crippen molar-refractivity contribution in [3.63, 3.8) is 0 Å². The number of rotatable bonds is 4. The monoisotopic (exact) mass is 218 g/mol. The van der Waals surface area contributed by atoms with Crippen molar-refractivity contribution in [1.82, 2.24) is 5.32 Å². The first kappa shape index (κ1) is 12.3. The topological polar surface area (TPSA) is 41.1 Å². The minimum atomic E-state index is -0.208. The average molecular weight is 218 g/mol. The van der Waals surface area contributed by atoms with Crippen LogP contribution in [0.2, 0.25) is 0 Å². The second-order valence-electron chi connectivity index (χ2n) is 3.90. The van der Waals surface area contributed by atoms with Gasteiger partial charge in [0.2, 0.25) is 0 Å². The lowest BCUT2D eigenvalue weighted by atomic mass is 10.0. The first-order valence-electron chi connectivity index (χ1n) is 5.39. The lowest BCUT2D eigenvalue weighted by Gasteiger charge is -2.09. The Morgan fingerprint density at radius 1 is 1.50 bits per heavy atom. The summed E-state index contributed by atoms with van der Waals surface area (Å²) in [5.41, 5.74) is 2.02. The van der Waals surface area contributed by atoms with Crippen LogP contribution in [-0.4, -0.2) is 12.6 Å². The molecule has 2 N–H and O–H groups in total. The lowest BCUT2D eigenvalue weighted by Crippen LogP contribution is -2.28. The Morgan fingerprint density at radius 2 is 2.25 bits per heavy atom. The summed E-state index contributed by atoms with van der Waals surface area (Å²) in [6.45, 7) is 8.25. The molecule has 1 aromatic rings. The summed E-state index contributed by atoms with van der Waals surface area (Å²) in [5, 5.41) is 5.44. The summed E-state index contributed by atoms with van der Waals surface area (Å²) in [4.78, 5) is 11.4. The molecule has 0 spiro atoms. The Morgan fingerprint density at radius 3 is 2.88 bits per heavy atom. The van der Waals surface area contributed by atoms with Crippen LogP contribution in [0.3, 0.4) is 0 Å². The molecule has 2 amide bonds. The van der Waals surface area contributed by atoms with Gasteiger partial charge >= 0.3 is 6.03 Å². The van der Waals surface area contributed by atoms with Crippen LogP contribution in [-0.2, 0) is 0 Å². The summed E-state index contributed by atoms with van der Waals surface area (Å²) in [5.74, 6) is 0.456. The molecule has 0 saturated heterocycles. The van der Waals surface area contributed by atoms with E-state index >= 15 is 0 Å². The third-order valence-corrected chi connectivity index (χ3v) is 2.22. The summed E-state index contributed by atoms with van der Waals surface area (Å²) >= 11 is 0. The summed E-state index contributed by atoms with van der Waals surface area (Å²) < 4.78 is 0. The molecule has 0 radical (unpaired) electrons. The fraction of sp³-hybridized carbons (Fsp3) is 0.308. The van der Waals surface area contributed by atoms with Crippen molar-refractivity contribution in [2.24, 2.45) is 0 Å². The van der Waals surface area contributed by atoms with Gasteiger partial charge in [0.15, 0.2) is 0 Å². The van der Waals surface area contributed by atoms with Gasteiger partial charge in [0.25, 0.3) is 0 Å². The van der Waals surface area contributed by atoms with Gasteiger partial charge in [-0.05, 0) is 23.6 Å². The first-order chi connectivity index (χ1) is 7.63. The number of benzene rings is 1. The van der Waals surface area contributed by atoms with Crippen molar-refractivity contribution in [2.45, 2.75) is 19.8 Å². The van der Waals surface area contributed by atoms with Crippen molar-refractivity contribution in [3.05, 3.63) is 42.5 Å². The number of nitrogens with one attached hydrogen (secondary N) is 2. The smallest absolute Gasteiger partial charge is 0.319 e. The van der Waals surface area contributed by atoms with Gasteiger partial charge in [0.1, 0.15) is 0 Å². The van der Waals surface area contributed by atoms with Crippen LogP contribution in [0.5, 0.6) is 0 Å². The van der Waals surface area contributed by atoms with Crippen LogP contribution in [0.15, 0.2) is 36.9 Å². The summed E-state index contributed by atoms with van der Waals surface area (Å²) in [6, 6.07) is 7.65. The van der Waals surface area contributed by atoms with Crippen molar-refractivity contribution >= 4 is 11.7 Å². The van der Waals surface area contributed by atoms with E-state index in [0.29, 0.717) is 12.5 Å². The van der Waals surface area contributed by atoms with Crippen LogP contribution in [0.25, 0.3) is 0 Å². The lowest BCUT2D eigenvalue weighted by molar-refractivity contribution is 0.253. The second-order valence-corrected chi connectivity index (χ2v) is 3.90. The molecule has 86 valence electrons. The van der Waals surface area contributed by atoms with Crippen LogP contribution in [0, 0.1) is 0 Å². The predicted octanol–water partition coefficient (Wildman–Crippen LogP) is 3.12. The molecule has 0 heterocycles. The van der Waals surface area contributed by atoms with Gasteiger partial charge < -0.3 is 10.6 Å². The zero-order chi connectivity index (χ0) is 12.0. The quantitative estimate of drug-likeness (QED) is 0.749. The SMILES string of the molecule is C=CCNC(=O)Nc1cccc(C(C)C)c1. The van der Waals surface area contributed by atoms with Crippen molar-refractivity contribution in [1.29, 1.82) is 0 Å². The summed E-state index contributed by atoms with van der Waals surface area (Å²) in [6.07, 6.45) is 1.64. The predicted molar refractivity (Wildman–Crippen MR) is 67.7 cm³/mol. The van der Waals surface area contributed by atoms with E-state index in [-0.39, 0.29) is 6.03 Å². The highest BCUT2D eigenvalue weighted by atomic mass is 16.2. The van der Waals surface area contributed by atoms with E-state index in [1.165, 1.54) is 5.56 Å². The Hall–Kier alpha value is -1.77. The van der Waals surface area contributed by atoms with E-state index < -0.39 is 0 Å². The highest BCUT2D eigenvalue weighted by Gasteiger charge is 2.02. The zero-order valence-electron chi connectivity index (χ0n) is 9.79. The molecule has 0 aromatic heterocycles. The maximum absolute atomic E-state index is 11.4. The zero-order valence-corrected chi connectivity index (χ0v) is 9.79. The molecular formula is C13H18N2O. The Kier molecular flexibility index (Phi) is 4.58. The van der Waals surface area contributed by atoms with E-state index in [4.69, 9.17) is 0 Å². The van der Waals surface area contributed by atoms with Gasteiger partial charge in [0.05, 0.1) is 0 Å². The van der Waals surface area contributed by atoms with Gasteiger partial charge in [0, 0.05) is 12.2 Å². The largest absolute Gasteiger partial charge is 0.334 e. The van der Waals surface area contributed by atoms with Crippen LogP contribution >= 0.6 is 0 Å². The standard InChI is InChI=1S/C13H18N2O/c1-4-8-14-13(16)15-12-7-5-6-11(9-12)10(2)3/h4-7,9-10H,1,8H2,2-3H3,(H2,14,15,16). The maximum Gasteiger partial charge on any atom is 0.319 e. The van der Waals surface area contributed by atoms with E-state index in [9.17, 15) is 4.79 Å². The van der Waals surface area contributed by atoms with Gasteiger partial charge in [-0.25, -0.2) is 4.79 Å². The normalized spacial score (nSPS) is 9.94. The Balaban J connectivity index is 2.63. The summed E-state index contributed by atoms with van der Waals surface area (Å²) in [7, 11) is 0. The van der Waals surface area contributed by atoms with Crippen molar-refractivity contribution in [3.8, 4) is 0 Å². The Labute approximate surface area is 96.6 Å². The first-order valence-corrected chi connectivity index (χ1v) is 5.39. The van der Waals surface area contributed by atoms with E-state index in [1.54, 1.807) is 6.08 Å². The minimum absolute atomic E-state index is 0.208. The van der Waals surface area contributed by atoms with Crippen molar-refractivity contribution < 1.29 is 4.79 Å². The third-order valence-electron chi connectivity index (χ3n) is 2.22. The molecule has 1 aromatic carbocycles. The Bertz CT molecular complexity index is 372. The van der Waals surface area contributed by atoms with Crippen molar-refractivity contribution in [2.75, 3.05) is 11.9 Å². The second kappa shape index (κ2) is 5.95. The number of anilines is 1. The maximum atomic E-state index is 11.4. The van der Waals surface area contributed by atoms with Crippen LogP contribution in [0.4, 0.5) is 10.5 Å². The number of carbonyl (C=O) groups excluding carboxylic acids is 1. The molecule has 3 heteroatoms. The molecule has 3 nitrogen and oxygen atoms in total. The molecule has 0 fully saturated rings. The van der Waals surface area contributed by atoms with Crippen LogP contribution in [0.1, 0.15) is 25.3 Å². The molecule has 0 aliphatic heterocycles. The fourth-order valence-electron chi connectivity index (χ4n) is 1.32. The van der Waals surface area contributed by atoms with Gasteiger partial charge in [-0.1, -0.05) is 32.1 Å². The number of amides is 2. The fourth-order valence-corrected chi connectivity index (χ4v) is 1.32.